The molecule has 0 unspecified atom stereocenters. The first-order chi connectivity index (χ1) is 3.72. The monoisotopic (exact) mass is 119 g/mol. The molecular weight excluding hydrogens is 110 g/mol. The van der Waals surface area contributed by atoms with Crippen LogP contribution in [0.4, 0.5) is 0 Å². The summed E-state index contributed by atoms with van der Waals surface area (Å²) in [4.78, 5) is 9.71. The lowest BCUT2D eigenvalue weighted by Gasteiger charge is -2.07. The SMILES string of the molecule is N[C@H](C=O)[C@@H](O)CO. The number of hydrogen-bond acceptors (Lipinski definition) is 4. The Balaban J connectivity index is 3.44. The van der Waals surface area contributed by atoms with Crippen LogP contribution in [0.2, 0.25) is 0 Å². The average Bonchev–Trinajstić information content (AvgIpc) is 1.84. The lowest BCUT2D eigenvalue weighted by atomic mass is 10.2. The highest BCUT2D eigenvalue weighted by atomic mass is 16.3. The molecule has 8 heavy (non-hydrogen) atoms. The summed E-state index contributed by atoms with van der Waals surface area (Å²) >= 11 is 0. The van der Waals surface area contributed by atoms with Gasteiger partial charge in [0.25, 0.3) is 0 Å². The first-order valence-corrected chi connectivity index (χ1v) is 2.22. The van der Waals surface area contributed by atoms with Crippen molar-refractivity contribution >= 4 is 6.29 Å². The molecule has 4 heteroatoms. The summed E-state index contributed by atoms with van der Waals surface area (Å²) in [6.45, 7) is -0.472. The Morgan fingerprint density at radius 1 is 1.75 bits per heavy atom. The van der Waals surface area contributed by atoms with Crippen molar-refractivity contribution in [1.29, 1.82) is 0 Å². The van der Waals surface area contributed by atoms with Crippen molar-refractivity contribution in [3.05, 3.63) is 0 Å². The molecule has 0 amide bonds. The van der Waals surface area contributed by atoms with Crippen LogP contribution >= 0.6 is 0 Å². The van der Waals surface area contributed by atoms with E-state index in [-0.39, 0.29) is 0 Å². The van der Waals surface area contributed by atoms with E-state index < -0.39 is 18.8 Å². The molecule has 0 aliphatic rings. The van der Waals surface area contributed by atoms with E-state index in [4.69, 9.17) is 15.9 Å². The van der Waals surface area contributed by atoms with E-state index in [2.05, 4.69) is 0 Å². The smallest absolute Gasteiger partial charge is 0.139 e. The Hall–Kier alpha value is -0.450. The van der Waals surface area contributed by atoms with Crippen LogP contribution in [0.5, 0.6) is 0 Å². The fourth-order valence-corrected chi connectivity index (χ4v) is 0.212. The predicted molar refractivity (Wildman–Crippen MR) is 27.1 cm³/mol. The highest BCUT2D eigenvalue weighted by molar-refractivity contribution is 5.57. The quantitative estimate of drug-likeness (QED) is 0.370. The third-order valence-corrected chi connectivity index (χ3v) is 0.788. The average molecular weight is 119 g/mol. The second-order valence-electron chi connectivity index (χ2n) is 1.46. The van der Waals surface area contributed by atoms with Crippen molar-refractivity contribution in [2.24, 2.45) is 5.73 Å². The van der Waals surface area contributed by atoms with Crippen molar-refractivity contribution < 1.29 is 15.0 Å². The second-order valence-corrected chi connectivity index (χ2v) is 1.46. The van der Waals surface area contributed by atoms with Crippen LogP contribution in [-0.2, 0) is 4.79 Å². The summed E-state index contributed by atoms with van der Waals surface area (Å²) in [5.41, 5.74) is 4.95. The van der Waals surface area contributed by atoms with Gasteiger partial charge >= 0.3 is 0 Å². The van der Waals surface area contributed by atoms with E-state index in [1.807, 2.05) is 0 Å². The molecule has 4 nitrogen and oxygen atoms in total. The molecule has 0 saturated heterocycles. The number of aliphatic hydroxyl groups is 2. The summed E-state index contributed by atoms with van der Waals surface area (Å²) < 4.78 is 0. The number of hydrogen-bond donors (Lipinski definition) is 3. The maximum atomic E-state index is 9.71. The molecule has 48 valence electrons. The Morgan fingerprint density at radius 2 is 2.25 bits per heavy atom. The van der Waals surface area contributed by atoms with Gasteiger partial charge < -0.3 is 20.7 Å². The summed E-state index contributed by atoms with van der Waals surface area (Å²) in [5, 5.41) is 16.7. The van der Waals surface area contributed by atoms with Crippen LogP contribution in [0.25, 0.3) is 0 Å². The van der Waals surface area contributed by atoms with Gasteiger partial charge in [-0.15, -0.1) is 0 Å². The Labute approximate surface area is 46.9 Å². The van der Waals surface area contributed by atoms with Crippen LogP contribution in [0.3, 0.4) is 0 Å². The van der Waals surface area contributed by atoms with Gasteiger partial charge in [0.05, 0.1) is 18.8 Å². The minimum Gasteiger partial charge on any atom is -0.394 e. The zero-order valence-corrected chi connectivity index (χ0v) is 4.32. The lowest BCUT2D eigenvalue weighted by Crippen LogP contribution is -2.38. The van der Waals surface area contributed by atoms with E-state index in [1.54, 1.807) is 0 Å². The number of rotatable bonds is 3. The molecule has 0 aromatic carbocycles. The van der Waals surface area contributed by atoms with Gasteiger partial charge in [-0.3, -0.25) is 0 Å². The highest BCUT2D eigenvalue weighted by Crippen LogP contribution is 1.82. The van der Waals surface area contributed by atoms with Crippen molar-refractivity contribution in [3.8, 4) is 0 Å². The number of nitrogens with two attached hydrogens (primary N) is 1. The third kappa shape index (κ3) is 2.02. The maximum absolute atomic E-state index is 9.71. The molecule has 0 aromatic rings. The van der Waals surface area contributed by atoms with Gasteiger partial charge in [-0.25, -0.2) is 0 Å². The molecular formula is C4H9NO3. The zero-order valence-electron chi connectivity index (χ0n) is 4.32. The van der Waals surface area contributed by atoms with Gasteiger partial charge in [0, 0.05) is 0 Å². The normalized spacial score (nSPS) is 17.4. The molecule has 0 aliphatic heterocycles. The van der Waals surface area contributed by atoms with Gasteiger partial charge in [-0.05, 0) is 0 Å². The van der Waals surface area contributed by atoms with Crippen LogP contribution in [0, 0.1) is 0 Å². The zero-order chi connectivity index (χ0) is 6.57. The van der Waals surface area contributed by atoms with Gasteiger partial charge in [-0.2, -0.15) is 0 Å². The van der Waals surface area contributed by atoms with E-state index in [9.17, 15) is 4.79 Å². The molecule has 0 heterocycles. The lowest BCUT2D eigenvalue weighted by molar-refractivity contribution is -0.111. The highest BCUT2D eigenvalue weighted by Gasteiger charge is 2.10. The van der Waals surface area contributed by atoms with Crippen molar-refractivity contribution in [1.82, 2.24) is 0 Å². The molecule has 0 spiro atoms. The molecule has 2 atom stereocenters. The molecule has 0 saturated carbocycles. The molecule has 0 rings (SSSR count). The van der Waals surface area contributed by atoms with Crippen LogP contribution in [-0.4, -0.2) is 35.3 Å². The molecule has 0 bridgehead atoms. The fraction of sp³-hybridized carbons (Fsp3) is 0.750. The number of aldehydes is 1. The minimum absolute atomic E-state index is 0.390. The topological polar surface area (TPSA) is 83.6 Å². The maximum Gasteiger partial charge on any atom is 0.139 e. The van der Waals surface area contributed by atoms with Crippen LogP contribution in [0.15, 0.2) is 0 Å². The van der Waals surface area contributed by atoms with Gasteiger partial charge in [0.1, 0.15) is 6.29 Å². The minimum atomic E-state index is -1.12. The Kier molecular flexibility index (Phi) is 3.34. The molecule has 0 fully saturated rings. The van der Waals surface area contributed by atoms with E-state index in [0.29, 0.717) is 6.29 Å². The Morgan fingerprint density at radius 3 is 2.38 bits per heavy atom. The van der Waals surface area contributed by atoms with Crippen molar-refractivity contribution in [2.45, 2.75) is 12.1 Å². The molecule has 0 aliphatic carbocycles. The van der Waals surface area contributed by atoms with Crippen molar-refractivity contribution in [2.75, 3.05) is 6.61 Å². The van der Waals surface area contributed by atoms with Gasteiger partial charge in [0.15, 0.2) is 0 Å². The molecule has 4 N–H and O–H groups in total. The first kappa shape index (κ1) is 7.55. The van der Waals surface area contributed by atoms with Gasteiger partial charge in [0.2, 0.25) is 0 Å². The van der Waals surface area contributed by atoms with Crippen LogP contribution in [0.1, 0.15) is 0 Å². The largest absolute Gasteiger partial charge is 0.394 e. The molecule has 0 radical (unpaired) electrons. The number of carbonyl (C=O) groups is 1. The summed E-state index contributed by atoms with van der Waals surface area (Å²) in [7, 11) is 0. The summed E-state index contributed by atoms with van der Waals surface area (Å²) in [6.07, 6.45) is -0.728. The molecule has 0 aromatic heterocycles. The van der Waals surface area contributed by atoms with E-state index >= 15 is 0 Å². The second kappa shape index (κ2) is 3.54. The fourth-order valence-electron chi connectivity index (χ4n) is 0.212. The van der Waals surface area contributed by atoms with E-state index in [1.165, 1.54) is 0 Å². The van der Waals surface area contributed by atoms with Crippen LogP contribution < -0.4 is 5.73 Å². The van der Waals surface area contributed by atoms with Gasteiger partial charge in [-0.1, -0.05) is 0 Å². The van der Waals surface area contributed by atoms with Crippen molar-refractivity contribution in [3.63, 3.8) is 0 Å². The summed E-state index contributed by atoms with van der Waals surface area (Å²) in [5.74, 6) is 0. The number of aliphatic hydroxyl groups excluding tert-OH is 2. The van der Waals surface area contributed by atoms with E-state index in [0.717, 1.165) is 0 Å². The Bertz CT molecular complexity index is 75.7. The summed E-state index contributed by atoms with van der Waals surface area (Å²) in [6, 6.07) is -0.958. The predicted octanol–water partition coefficient (Wildman–Crippen LogP) is -2.13. The third-order valence-electron chi connectivity index (χ3n) is 0.788. The number of carbonyl (C=O) groups excluding carboxylic acids is 1. The standard InChI is InChI=1S/C4H9NO3/c5-3(1-6)4(8)2-7/h1,3-4,7-8H,2,5H2/t3-,4+/m1/s1. The first-order valence-electron chi connectivity index (χ1n) is 2.22.